The summed E-state index contributed by atoms with van der Waals surface area (Å²) in [7, 11) is 0. The van der Waals surface area contributed by atoms with Crippen LogP contribution in [0, 0.1) is 0 Å². The van der Waals surface area contributed by atoms with Crippen LogP contribution in [0.5, 0.6) is 0 Å². The van der Waals surface area contributed by atoms with Crippen LogP contribution in [0.4, 0.5) is 0 Å². The molecule has 0 rings (SSSR count). The molecule has 0 radical (unpaired) electrons. The summed E-state index contributed by atoms with van der Waals surface area (Å²) in [5.41, 5.74) is 1.45. The first kappa shape index (κ1) is 10.5. The molecule has 0 spiro atoms. The first-order valence-corrected chi connectivity index (χ1v) is 4.57. The Bertz CT molecular complexity index is 120. The van der Waals surface area contributed by atoms with Crippen LogP contribution in [0.25, 0.3) is 0 Å². The maximum atomic E-state index is 3.70. The van der Waals surface area contributed by atoms with Gasteiger partial charge in [0.2, 0.25) is 0 Å². The summed E-state index contributed by atoms with van der Waals surface area (Å²) in [5, 5.41) is 0. The van der Waals surface area contributed by atoms with Gasteiger partial charge in [-0.15, -0.1) is 6.58 Å². The Labute approximate surface area is 71.0 Å². The Hall–Kier alpha value is -0.520. The largest absolute Gasteiger partial charge is 0.103 e. The van der Waals surface area contributed by atoms with Crippen molar-refractivity contribution in [3.05, 3.63) is 24.3 Å². The lowest BCUT2D eigenvalue weighted by atomic mass is 10.1. The third kappa shape index (κ3) is 7.38. The van der Waals surface area contributed by atoms with Gasteiger partial charge in [0, 0.05) is 0 Å². The fraction of sp³-hybridized carbons (Fsp3) is 0.636. The van der Waals surface area contributed by atoms with E-state index in [-0.39, 0.29) is 0 Å². The third-order valence-corrected chi connectivity index (χ3v) is 1.77. The van der Waals surface area contributed by atoms with Crippen molar-refractivity contribution in [3.8, 4) is 0 Å². The molecule has 0 aliphatic heterocycles. The Morgan fingerprint density at radius 3 is 2.64 bits per heavy atom. The second kappa shape index (κ2) is 7.59. The summed E-state index contributed by atoms with van der Waals surface area (Å²) in [6.07, 6.45) is 10.6. The van der Waals surface area contributed by atoms with E-state index in [0.29, 0.717) is 0 Å². The first-order chi connectivity index (χ1) is 5.31. The molecule has 0 N–H and O–H groups in total. The number of rotatable bonds is 6. The minimum atomic E-state index is 1.05. The van der Waals surface area contributed by atoms with E-state index in [0.717, 1.165) is 6.42 Å². The Morgan fingerprint density at radius 1 is 1.36 bits per heavy atom. The molecular weight excluding hydrogens is 132 g/mol. The maximum absolute atomic E-state index is 3.70. The molecule has 0 aliphatic rings. The van der Waals surface area contributed by atoms with Crippen molar-refractivity contribution in [2.24, 2.45) is 0 Å². The van der Waals surface area contributed by atoms with Gasteiger partial charge in [0.25, 0.3) is 0 Å². The highest BCUT2D eigenvalue weighted by atomic mass is 13.9. The highest BCUT2D eigenvalue weighted by molar-refractivity contribution is 5.02. The third-order valence-electron chi connectivity index (χ3n) is 1.77. The van der Waals surface area contributed by atoms with Gasteiger partial charge < -0.3 is 0 Å². The van der Waals surface area contributed by atoms with Gasteiger partial charge in [-0.05, 0) is 26.2 Å². The number of unbranched alkanes of at least 4 members (excludes halogenated alkanes) is 3. The molecule has 0 heterocycles. The van der Waals surface area contributed by atoms with Crippen LogP contribution in [0.15, 0.2) is 24.3 Å². The predicted molar refractivity (Wildman–Crippen MR) is 52.7 cm³/mol. The molecule has 11 heavy (non-hydrogen) atoms. The average Bonchev–Trinajstić information content (AvgIpc) is 1.99. The molecule has 0 fully saturated rings. The van der Waals surface area contributed by atoms with Crippen molar-refractivity contribution < 1.29 is 0 Å². The molecule has 0 aromatic rings. The zero-order chi connectivity index (χ0) is 8.53. The Balaban J connectivity index is 3.31. The van der Waals surface area contributed by atoms with Crippen molar-refractivity contribution in [1.82, 2.24) is 0 Å². The van der Waals surface area contributed by atoms with Gasteiger partial charge in [-0.25, -0.2) is 0 Å². The molecule has 0 bridgehead atoms. The standard InChI is InChI=1S/C11H20/c1-4-6-7-8-10-11(3)9-5-2/h5,10H,2,4,6-9H2,1,3H3/b11-10+. The number of hydrogen-bond donors (Lipinski definition) is 0. The molecular formula is C11H20. The van der Waals surface area contributed by atoms with E-state index in [1.54, 1.807) is 0 Å². The van der Waals surface area contributed by atoms with E-state index in [1.807, 2.05) is 6.08 Å². The van der Waals surface area contributed by atoms with Crippen LogP contribution in [0.1, 0.15) is 46.0 Å². The van der Waals surface area contributed by atoms with Crippen LogP contribution in [-0.4, -0.2) is 0 Å². The van der Waals surface area contributed by atoms with E-state index in [9.17, 15) is 0 Å². The van der Waals surface area contributed by atoms with Crippen molar-refractivity contribution >= 4 is 0 Å². The van der Waals surface area contributed by atoms with Crippen molar-refractivity contribution in [1.29, 1.82) is 0 Å². The topological polar surface area (TPSA) is 0 Å². The summed E-state index contributed by atoms with van der Waals surface area (Å²) < 4.78 is 0. The van der Waals surface area contributed by atoms with Crippen molar-refractivity contribution in [2.45, 2.75) is 46.0 Å². The predicted octanol–water partition coefficient (Wildman–Crippen LogP) is 4.09. The lowest BCUT2D eigenvalue weighted by Gasteiger charge is -1.95. The highest BCUT2D eigenvalue weighted by Crippen LogP contribution is 2.05. The number of hydrogen-bond acceptors (Lipinski definition) is 0. The van der Waals surface area contributed by atoms with E-state index >= 15 is 0 Å². The first-order valence-electron chi connectivity index (χ1n) is 4.57. The summed E-state index contributed by atoms with van der Waals surface area (Å²) >= 11 is 0. The molecule has 0 amide bonds. The van der Waals surface area contributed by atoms with E-state index in [2.05, 4.69) is 26.5 Å². The monoisotopic (exact) mass is 152 g/mol. The Kier molecular flexibility index (Phi) is 7.23. The van der Waals surface area contributed by atoms with Gasteiger partial charge in [-0.1, -0.05) is 37.5 Å². The van der Waals surface area contributed by atoms with Crippen LogP contribution < -0.4 is 0 Å². The smallest absolute Gasteiger partial charge is 0.0144 e. The molecule has 64 valence electrons. The highest BCUT2D eigenvalue weighted by Gasteiger charge is 1.85. The molecule has 0 saturated carbocycles. The molecule has 0 aliphatic carbocycles. The second-order valence-electron chi connectivity index (χ2n) is 3.04. The maximum Gasteiger partial charge on any atom is -0.0144 e. The van der Waals surface area contributed by atoms with E-state index in [1.165, 1.54) is 31.3 Å². The van der Waals surface area contributed by atoms with Crippen LogP contribution in [-0.2, 0) is 0 Å². The van der Waals surface area contributed by atoms with Gasteiger partial charge in [0.15, 0.2) is 0 Å². The van der Waals surface area contributed by atoms with Crippen LogP contribution >= 0.6 is 0 Å². The van der Waals surface area contributed by atoms with Gasteiger partial charge in [-0.2, -0.15) is 0 Å². The minimum absolute atomic E-state index is 1.05. The fourth-order valence-corrected chi connectivity index (χ4v) is 1.05. The Morgan fingerprint density at radius 2 is 2.09 bits per heavy atom. The van der Waals surface area contributed by atoms with Crippen LogP contribution in [0.2, 0.25) is 0 Å². The average molecular weight is 152 g/mol. The van der Waals surface area contributed by atoms with Crippen LogP contribution in [0.3, 0.4) is 0 Å². The zero-order valence-electron chi connectivity index (χ0n) is 7.90. The lowest BCUT2D eigenvalue weighted by molar-refractivity contribution is 0.726. The lowest BCUT2D eigenvalue weighted by Crippen LogP contribution is -1.75. The molecule has 0 unspecified atom stereocenters. The van der Waals surface area contributed by atoms with Crippen molar-refractivity contribution in [2.75, 3.05) is 0 Å². The molecule has 0 heteroatoms. The van der Waals surface area contributed by atoms with Gasteiger partial charge in [0.1, 0.15) is 0 Å². The van der Waals surface area contributed by atoms with Gasteiger partial charge in [0.05, 0.1) is 0 Å². The molecule has 0 saturated heterocycles. The summed E-state index contributed by atoms with van der Waals surface area (Å²) in [6.45, 7) is 8.11. The van der Waals surface area contributed by atoms with E-state index in [4.69, 9.17) is 0 Å². The molecule has 0 atom stereocenters. The van der Waals surface area contributed by atoms with Gasteiger partial charge >= 0.3 is 0 Å². The van der Waals surface area contributed by atoms with E-state index < -0.39 is 0 Å². The van der Waals surface area contributed by atoms with Crippen molar-refractivity contribution in [3.63, 3.8) is 0 Å². The summed E-state index contributed by atoms with van der Waals surface area (Å²) in [5.74, 6) is 0. The normalized spacial score (nSPS) is 11.6. The zero-order valence-corrected chi connectivity index (χ0v) is 7.90. The summed E-state index contributed by atoms with van der Waals surface area (Å²) in [6, 6.07) is 0. The quantitative estimate of drug-likeness (QED) is 0.397. The number of allylic oxidation sites excluding steroid dienone is 3. The van der Waals surface area contributed by atoms with Gasteiger partial charge in [-0.3, -0.25) is 0 Å². The molecule has 0 nitrogen and oxygen atoms in total. The second-order valence-corrected chi connectivity index (χ2v) is 3.04. The summed E-state index contributed by atoms with van der Waals surface area (Å²) in [4.78, 5) is 0. The SMILES string of the molecule is C=CC/C(C)=C/CCCCC. The molecule has 0 aromatic heterocycles. The minimum Gasteiger partial charge on any atom is -0.103 e. The fourth-order valence-electron chi connectivity index (χ4n) is 1.05. The molecule has 0 aromatic carbocycles.